The molecular formula is C27H34N4OS. The Morgan fingerprint density at radius 3 is 2.79 bits per heavy atom. The van der Waals surface area contributed by atoms with Crippen LogP contribution in [-0.4, -0.2) is 44.3 Å². The van der Waals surface area contributed by atoms with E-state index in [-0.39, 0.29) is 0 Å². The second-order valence-electron chi connectivity index (χ2n) is 9.72. The number of hydrogen-bond donors (Lipinski definition) is 2. The van der Waals surface area contributed by atoms with E-state index >= 15 is 0 Å². The van der Waals surface area contributed by atoms with Crippen molar-refractivity contribution in [3.63, 3.8) is 0 Å². The van der Waals surface area contributed by atoms with Crippen molar-refractivity contribution in [2.75, 3.05) is 18.1 Å². The Labute approximate surface area is 199 Å². The molecule has 6 heteroatoms. The number of rotatable bonds is 5. The zero-order chi connectivity index (χ0) is 22.8. The SMILES string of the molecule is Cc1cc(-c2cc(NC3CCNC(C4CCCCC4S(C)=O)C3)c3cnccc3c2)ccn1. The minimum atomic E-state index is -0.752. The number of piperidine rings is 1. The van der Waals surface area contributed by atoms with Crippen LogP contribution in [0.2, 0.25) is 0 Å². The first kappa shape index (κ1) is 22.5. The highest BCUT2D eigenvalue weighted by Crippen LogP contribution is 2.35. The molecule has 1 saturated heterocycles. The van der Waals surface area contributed by atoms with E-state index in [0.29, 0.717) is 23.3 Å². The average molecular weight is 463 g/mol. The minimum Gasteiger partial charge on any atom is -0.382 e. The maximum absolute atomic E-state index is 12.4. The number of aryl methyl sites for hydroxylation is 1. The molecule has 0 radical (unpaired) electrons. The van der Waals surface area contributed by atoms with E-state index in [4.69, 9.17) is 0 Å². The van der Waals surface area contributed by atoms with Crippen LogP contribution in [-0.2, 0) is 10.8 Å². The average Bonchev–Trinajstić information content (AvgIpc) is 2.84. The van der Waals surface area contributed by atoms with Gasteiger partial charge in [-0.25, -0.2) is 0 Å². The molecule has 5 atom stereocenters. The first-order valence-electron chi connectivity index (χ1n) is 12.2. The van der Waals surface area contributed by atoms with Crippen LogP contribution in [0.3, 0.4) is 0 Å². The zero-order valence-electron chi connectivity index (χ0n) is 19.6. The summed E-state index contributed by atoms with van der Waals surface area (Å²) in [5, 5.41) is 10.4. The second kappa shape index (κ2) is 9.90. The molecule has 2 N–H and O–H groups in total. The molecule has 1 saturated carbocycles. The van der Waals surface area contributed by atoms with Gasteiger partial charge in [-0.1, -0.05) is 12.8 Å². The molecule has 3 heterocycles. The van der Waals surface area contributed by atoms with Crippen molar-refractivity contribution in [1.29, 1.82) is 0 Å². The molecule has 174 valence electrons. The molecule has 33 heavy (non-hydrogen) atoms. The lowest BCUT2D eigenvalue weighted by Gasteiger charge is -2.41. The number of nitrogens with zero attached hydrogens (tertiary/aromatic N) is 2. The van der Waals surface area contributed by atoms with Crippen LogP contribution >= 0.6 is 0 Å². The third kappa shape index (κ3) is 4.97. The molecule has 3 aromatic rings. The van der Waals surface area contributed by atoms with Crippen molar-refractivity contribution in [2.24, 2.45) is 5.92 Å². The van der Waals surface area contributed by atoms with Crippen LogP contribution in [0.5, 0.6) is 0 Å². The Balaban J connectivity index is 1.42. The van der Waals surface area contributed by atoms with Gasteiger partial charge >= 0.3 is 0 Å². The molecule has 1 aliphatic heterocycles. The summed E-state index contributed by atoms with van der Waals surface area (Å²) in [4.78, 5) is 8.77. The molecular weight excluding hydrogens is 428 g/mol. The molecule has 5 unspecified atom stereocenters. The van der Waals surface area contributed by atoms with E-state index in [1.165, 1.54) is 35.8 Å². The number of anilines is 1. The van der Waals surface area contributed by atoms with Crippen molar-refractivity contribution < 1.29 is 4.21 Å². The molecule has 2 fully saturated rings. The maximum Gasteiger partial charge on any atom is 0.0443 e. The number of aromatic nitrogens is 2. The van der Waals surface area contributed by atoms with Crippen LogP contribution < -0.4 is 10.6 Å². The summed E-state index contributed by atoms with van der Waals surface area (Å²) in [5.74, 6) is 0.513. The molecule has 0 amide bonds. The molecule has 1 aromatic carbocycles. The monoisotopic (exact) mass is 462 g/mol. The zero-order valence-corrected chi connectivity index (χ0v) is 20.4. The molecule has 5 nitrogen and oxygen atoms in total. The summed E-state index contributed by atoms with van der Waals surface area (Å²) in [5.41, 5.74) is 4.55. The Morgan fingerprint density at radius 2 is 1.94 bits per heavy atom. The van der Waals surface area contributed by atoms with Gasteiger partial charge in [0.15, 0.2) is 0 Å². The Morgan fingerprint density at radius 1 is 1.06 bits per heavy atom. The standard InChI is InChI=1S/C27H34N4OS/c1-18-13-19(8-11-29-18)21-14-20-7-10-28-17-24(20)26(15-21)31-22-9-12-30-25(16-22)23-5-3-4-6-27(23)33(2)32/h7-8,10-11,13-15,17,22-23,25,27,30-31H,3-6,9,12,16H2,1-2H3. The first-order chi connectivity index (χ1) is 16.1. The van der Waals surface area contributed by atoms with Crippen molar-refractivity contribution in [2.45, 2.75) is 62.8 Å². The van der Waals surface area contributed by atoms with E-state index in [1.54, 1.807) is 0 Å². The van der Waals surface area contributed by atoms with Gasteiger partial charge < -0.3 is 10.6 Å². The topological polar surface area (TPSA) is 66.9 Å². The molecule has 0 bridgehead atoms. The summed E-state index contributed by atoms with van der Waals surface area (Å²) < 4.78 is 12.4. The highest BCUT2D eigenvalue weighted by Gasteiger charge is 2.36. The van der Waals surface area contributed by atoms with Crippen molar-refractivity contribution >= 4 is 27.3 Å². The highest BCUT2D eigenvalue weighted by atomic mass is 32.2. The normalized spacial score (nSPS) is 26.7. The second-order valence-corrected chi connectivity index (χ2v) is 11.3. The summed E-state index contributed by atoms with van der Waals surface area (Å²) in [7, 11) is -0.752. The van der Waals surface area contributed by atoms with Gasteiger partial charge in [-0.05, 0) is 91.9 Å². The number of benzene rings is 1. The predicted octanol–water partition coefficient (Wildman–Crippen LogP) is 5.08. The molecule has 1 aliphatic carbocycles. The Kier molecular flexibility index (Phi) is 6.74. The first-order valence-corrected chi connectivity index (χ1v) is 13.8. The third-order valence-corrected chi connectivity index (χ3v) is 8.92. The van der Waals surface area contributed by atoms with Gasteiger partial charge in [0, 0.05) is 69.7 Å². The lowest BCUT2D eigenvalue weighted by atomic mass is 9.79. The van der Waals surface area contributed by atoms with Gasteiger partial charge in [0.05, 0.1) is 0 Å². The number of fused-ring (bicyclic) bond motifs is 1. The molecule has 5 rings (SSSR count). The Hall–Kier alpha value is -2.31. The lowest BCUT2D eigenvalue weighted by Crippen LogP contribution is -2.51. The maximum atomic E-state index is 12.4. The van der Waals surface area contributed by atoms with Gasteiger partial charge in [-0.15, -0.1) is 0 Å². The van der Waals surface area contributed by atoms with Crippen LogP contribution in [0.1, 0.15) is 44.2 Å². The number of hydrogen-bond acceptors (Lipinski definition) is 5. The summed E-state index contributed by atoms with van der Waals surface area (Å²) >= 11 is 0. The lowest BCUT2D eigenvalue weighted by molar-refractivity contribution is 0.232. The summed E-state index contributed by atoms with van der Waals surface area (Å²) in [6.07, 6.45) is 14.5. The van der Waals surface area contributed by atoms with Crippen molar-refractivity contribution in [3.8, 4) is 11.1 Å². The quantitative estimate of drug-likeness (QED) is 0.554. The van der Waals surface area contributed by atoms with Crippen LogP contribution in [0.4, 0.5) is 5.69 Å². The Bertz CT molecular complexity index is 1150. The van der Waals surface area contributed by atoms with Gasteiger partial charge in [-0.3, -0.25) is 14.2 Å². The predicted molar refractivity (Wildman–Crippen MR) is 138 cm³/mol. The van der Waals surface area contributed by atoms with Gasteiger partial charge in [0.1, 0.15) is 0 Å². The van der Waals surface area contributed by atoms with E-state index in [0.717, 1.165) is 42.6 Å². The summed E-state index contributed by atoms with van der Waals surface area (Å²) in [6.45, 7) is 3.03. The molecule has 2 aliphatic rings. The van der Waals surface area contributed by atoms with Gasteiger partial charge in [0.25, 0.3) is 0 Å². The number of pyridine rings is 2. The third-order valence-electron chi connectivity index (χ3n) is 7.48. The fourth-order valence-electron chi connectivity index (χ4n) is 5.84. The van der Waals surface area contributed by atoms with E-state index < -0.39 is 10.8 Å². The molecule has 0 spiro atoms. The van der Waals surface area contributed by atoms with Crippen molar-refractivity contribution in [3.05, 3.63) is 54.6 Å². The van der Waals surface area contributed by atoms with Crippen molar-refractivity contribution in [1.82, 2.24) is 15.3 Å². The fraction of sp³-hybridized carbons (Fsp3) is 0.481. The van der Waals surface area contributed by atoms with Gasteiger partial charge in [-0.2, -0.15) is 0 Å². The highest BCUT2D eigenvalue weighted by molar-refractivity contribution is 7.84. The summed E-state index contributed by atoms with van der Waals surface area (Å²) in [6, 6.07) is 11.6. The van der Waals surface area contributed by atoms with Gasteiger partial charge in [0.2, 0.25) is 0 Å². The minimum absolute atomic E-state index is 0.332. The van der Waals surface area contributed by atoms with E-state index in [2.05, 4.69) is 50.9 Å². The van der Waals surface area contributed by atoms with Crippen LogP contribution in [0.25, 0.3) is 21.9 Å². The van der Waals surface area contributed by atoms with Crippen LogP contribution in [0.15, 0.2) is 48.9 Å². The van der Waals surface area contributed by atoms with Crippen LogP contribution in [0, 0.1) is 12.8 Å². The molecule has 2 aromatic heterocycles. The fourth-order valence-corrected chi connectivity index (χ4v) is 7.15. The van der Waals surface area contributed by atoms with E-state index in [1.807, 2.05) is 31.8 Å². The van der Waals surface area contributed by atoms with E-state index in [9.17, 15) is 4.21 Å². The smallest absolute Gasteiger partial charge is 0.0443 e. The number of nitrogens with one attached hydrogen (secondary N) is 2. The largest absolute Gasteiger partial charge is 0.382 e.